The molecule has 0 saturated heterocycles. The molecule has 0 N–H and O–H groups in total. The Morgan fingerprint density at radius 1 is 0.441 bits per heavy atom. The van der Waals surface area contributed by atoms with Crippen molar-refractivity contribution in [3.05, 3.63) is 156 Å². The number of nitrogens with zero attached hydrogens (tertiary/aromatic N) is 4. The van der Waals surface area contributed by atoms with Crippen molar-refractivity contribution in [1.82, 2.24) is 18.8 Å². The van der Waals surface area contributed by atoms with Crippen LogP contribution in [0.2, 0.25) is 0 Å². The van der Waals surface area contributed by atoms with Gasteiger partial charge in [0.2, 0.25) is 0 Å². The van der Waals surface area contributed by atoms with E-state index in [1.54, 1.807) is 0 Å². The number of fused-ring (bicyclic) bond motifs is 12. The maximum Gasteiger partial charge on any atom is 0.145 e. The maximum absolute atomic E-state index is 6.75. The van der Waals surface area contributed by atoms with Crippen LogP contribution in [0.3, 0.4) is 0 Å². The Morgan fingerprint density at radius 3 is 1.53 bits per heavy atom. The Hall–Kier alpha value is -6.46. The van der Waals surface area contributed by atoms with E-state index >= 15 is 0 Å². The summed E-state index contributed by atoms with van der Waals surface area (Å²) in [5.41, 5.74) is 14.8. The van der Waals surface area contributed by atoms with Gasteiger partial charge >= 0.3 is 0 Å². The minimum Gasteiger partial charge on any atom is -0.457 e. The van der Waals surface area contributed by atoms with Crippen molar-refractivity contribution >= 4 is 54.6 Å². The lowest BCUT2D eigenvalue weighted by Gasteiger charge is -2.22. The summed E-state index contributed by atoms with van der Waals surface area (Å²) in [5, 5.41) is 6.80. The van der Waals surface area contributed by atoms with Crippen LogP contribution in [0.25, 0.3) is 76.9 Å². The molecule has 0 fully saturated rings. The number of aromatic nitrogens is 4. The molecule has 0 aliphatic carbocycles. The summed E-state index contributed by atoms with van der Waals surface area (Å²) in [7, 11) is 0. The van der Waals surface area contributed by atoms with E-state index in [1.165, 1.54) is 60.8 Å². The Bertz CT molecular complexity index is 3170. The number of rotatable bonds is 8. The van der Waals surface area contributed by atoms with Crippen LogP contribution >= 0.6 is 0 Å². The lowest BCUT2D eigenvalue weighted by molar-refractivity contribution is 0.484. The van der Waals surface area contributed by atoms with Crippen molar-refractivity contribution in [2.45, 2.75) is 79.1 Å². The van der Waals surface area contributed by atoms with Crippen LogP contribution in [0.1, 0.15) is 101 Å². The average molecular weight is 771 g/mol. The molecular formula is C54H50N4O. The molecule has 4 aromatic heterocycles. The standard InChI is InChI=1S/C54H50N4O/c1-31(2)38-12-9-13-39(32(3)4)50(38)35-18-23-49-46(28-35)43-22-20-37(30-48(43)53-55-24-26-57(49)53)59-36-19-21-42-44-16-11-17-45(52(44)58-27-25-56-54(58)47(42)29-36)51-40(33(5)6)14-10-15-41(51)34(7)8/h9-34H,1-8H3. The summed E-state index contributed by atoms with van der Waals surface area (Å²) in [4.78, 5) is 9.80. The second kappa shape index (κ2) is 14.1. The van der Waals surface area contributed by atoms with Gasteiger partial charge in [-0.3, -0.25) is 8.80 Å². The van der Waals surface area contributed by atoms with E-state index in [-0.39, 0.29) is 0 Å². The van der Waals surface area contributed by atoms with Gasteiger partial charge in [-0.05, 0) is 122 Å². The zero-order valence-electron chi connectivity index (χ0n) is 35.2. The lowest BCUT2D eigenvalue weighted by atomic mass is 9.84. The van der Waals surface area contributed by atoms with Crippen molar-refractivity contribution in [3.8, 4) is 33.8 Å². The van der Waals surface area contributed by atoms with Crippen LogP contribution in [-0.2, 0) is 0 Å². The molecule has 59 heavy (non-hydrogen) atoms. The van der Waals surface area contributed by atoms with Gasteiger partial charge in [-0.25, -0.2) is 9.97 Å². The van der Waals surface area contributed by atoms with Gasteiger partial charge in [0.25, 0.3) is 0 Å². The second-order valence-corrected chi connectivity index (χ2v) is 17.4. The fourth-order valence-electron chi connectivity index (χ4n) is 9.62. The first-order valence-corrected chi connectivity index (χ1v) is 21.2. The summed E-state index contributed by atoms with van der Waals surface area (Å²) >= 11 is 0. The molecule has 0 bridgehead atoms. The molecule has 292 valence electrons. The molecule has 0 spiro atoms. The van der Waals surface area contributed by atoms with Crippen LogP contribution in [-0.4, -0.2) is 18.8 Å². The Kier molecular flexibility index (Phi) is 8.82. The topological polar surface area (TPSA) is 43.8 Å². The van der Waals surface area contributed by atoms with Gasteiger partial charge in [-0.2, -0.15) is 0 Å². The van der Waals surface area contributed by atoms with Crippen LogP contribution in [0.15, 0.2) is 134 Å². The van der Waals surface area contributed by atoms with E-state index in [2.05, 4.69) is 186 Å². The van der Waals surface area contributed by atoms with E-state index in [0.29, 0.717) is 23.7 Å². The smallest absolute Gasteiger partial charge is 0.145 e. The first-order chi connectivity index (χ1) is 28.6. The third-order valence-corrected chi connectivity index (χ3v) is 12.4. The Labute approximate surface area is 345 Å². The van der Waals surface area contributed by atoms with Crippen molar-refractivity contribution in [2.75, 3.05) is 0 Å². The molecule has 0 amide bonds. The van der Waals surface area contributed by atoms with Gasteiger partial charge in [0.05, 0.1) is 11.0 Å². The van der Waals surface area contributed by atoms with Gasteiger partial charge in [-0.1, -0.05) is 116 Å². The summed E-state index contributed by atoms with van der Waals surface area (Å²) in [6.45, 7) is 18.3. The number of para-hydroxylation sites is 1. The SMILES string of the molecule is CC(C)c1cccc(C(C)C)c1-c1ccc2c(c1)c1ccc(Oc3ccc4c(c3)c3nccn3c3c(-c5c(C(C)C)cccc5C(C)C)cccc43)cc1c1nccn21. The molecule has 0 atom stereocenters. The minimum absolute atomic E-state index is 0.387. The lowest BCUT2D eigenvalue weighted by Crippen LogP contribution is -2.02. The highest BCUT2D eigenvalue weighted by atomic mass is 16.5. The fourth-order valence-corrected chi connectivity index (χ4v) is 9.62. The molecule has 0 unspecified atom stereocenters. The van der Waals surface area contributed by atoms with E-state index in [4.69, 9.17) is 14.7 Å². The van der Waals surface area contributed by atoms with Crippen molar-refractivity contribution < 1.29 is 4.74 Å². The third-order valence-electron chi connectivity index (χ3n) is 12.4. The number of hydrogen-bond acceptors (Lipinski definition) is 3. The first kappa shape index (κ1) is 36.9. The molecule has 5 nitrogen and oxygen atoms in total. The zero-order chi connectivity index (χ0) is 40.7. The second-order valence-electron chi connectivity index (χ2n) is 17.4. The van der Waals surface area contributed by atoms with Crippen molar-refractivity contribution in [3.63, 3.8) is 0 Å². The van der Waals surface area contributed by atoms with Gasteiger partial charge in [0.15, 0.2) is 0 Å². The van der Waals surface area contributed by atoms with Crippen LogP contribution < -0.4 is 4.74 Å². The van der Waals surface area contributed by atoms with Crippen LogP contribution in [0.5, 0.6) is 11.5 Å². The molecule has 0 saturated carbocycles. The van der Waals surface area contributed by atoms with E-state index < -0.39 is 0 Å². The van der Waals surface area contributed by atoms with Crippen molar-refractivity contribution in [1.29, 1.82) is 0 Å². The van der Waals surface area contributed by atoms with Gasteiger partial charge < -0.3 is 4.74 Å². The fraction of sp³-hybridized carbons (Fsp3) is 0.222. The highest BCUT2D eigenvalue weighted by Crippen LogP contribution is 2.44. The molecule has 5 heteroatoms. The highest BCUT2D eigenvalue weighted by Gasteiger charge is 2.22. The summed E-state index contributed by atoms with van der Waals surface area (Å²) < 4.78 is 11.2. The Balaban J connectivity index is 1.11. The quantitative estimate of drug-likeness (QED) is 0.145. The zero-order valence-corrected chi connectivity index (χ0v) is 35.2. The molecule has 0 aliphatic rings. The summed E-state index contributed by atoms with van der Waals surface area (Å²) in [6.07, 6.45) is 7.96. The molecule has 10 rings (SSSR count). The third kappa shape index (κ3) is 5.89. The van der Waals surface area contributed by atoms with E-state index in [0.717, 1.165) is 49.9 Å². The molecule has 0 aliphatic heterocycles. The van der Waals surface area contributed by atoms with Crippen molar-refractivity contribution in [2.24, 2.45) is 0 Å². The molecule has 4 heterocycles. The molecule has 10 aromatic rings. The number of ether oxygens (including phenoxy) is 1. The number of hydrogen-bond donors (Lipinski definition) is 0. The van der Waals surface area contributed by atoms with Gasteiger partial charge in [-0.15, -0.1) is 0 Å². The van der Waals surface area contributed by atoms with Crippen LogP contribution in [0, 0.1) is 0 Å². The molecular weight excluding hydrogens is 721 g/mol. The number of pyridine rings is 2. The monoisotopic (exact) mass is 770 g/mol. The summed E-state index contributed by atoms with van der Waals surface area (Å²) in [5.74, 6) is 3.12. The maximum atomic E-state index is 6.75. The summed E-state index contributed by atoms with van der Waals surface area (Å²) in [6, 6.07) is 40.1. The average Bonchev–Trinajstić information content (AvgIpc) is 3.94. The van der Waals surface area contributed by atoms with Gasteiger partial charge in [0.1, 0.15) is 22.8 Å². The number of benzene rings is 6. The largest absolute Gasteiger partial charge is 0.457 e. The number of imidazole rings is 2. The highest BCUT2D eigenvalue weighted by molar-refractivity contribution is 6.16. The van der Waals surface area contributed by atoms with E-state index in [9.17, 15) is 0 Å². The van der Waals surface area contributed by atoms with E-state index in [1.807, 2.05) is 12.4 Å². The molecule has 0 radical (unpaired) electrons. The Morgan fingerprint density at radius 2 is 0.949 bits per heavy atom. The predicted octanol–water partition coefficient (Wildman–Crippen LogP) is 15.2. The normalized spacial score (nSPS) is 12.3. The molecule has 6 aromatic carbocycles. The predicted molar refractivity (Wildman–Crippen MR) is 248 cm³/mol. The first-order valence-electron chi connectivity index (χ1n) is 21.2. The van der Waals surface area contributed by atoms with Gasteiger partial charge in [0, 0.05) is 51.9 Å². The minimum atomic E-state index is 0.387. The van der Waals surface area contributed by atoms with Crippen LogP contribution in [0.4, 0.5) is 0 Å².